The van der Waals surface area contributed by atoms with Crippen molar-refractivity contribution in [3.05, 3.63) is 23.8 Å². The van der Waals surface area contributed by atoms with Crippen molar-refractivity contribution < 1.29 is 17.9 Å². The van der Waals surface area contributed by atoms with E-state index >= 15 is 0 Å². The summed E-state index contributed by atoms with van der Waals surface area (Å²) in [4.78, 5) is 11.6. The summed E-state index contributed by atoms with van der Waals surface area (Å²) in [5, 5.41) is 2.79. The Kier molecular flexibility index (Phi) is 4.25. The number of hydrogen-bond acceptors (Lipinski definition) is 4. The average molecular weight is 318 g/mol. The minimum Gasteiger partial charge on any atom is -0.495 e. The van der Waals surface area contributed by atoms with Crippen molar-refractivity contribution in [3.8, 4) is 5.75 Å². The number of methoxy groups -OCH3 is 1. The van der Waals surface area contributed by atoms with Crippen molar-refractivity contribution in [2.24, 2.45) is 11.8 Å². The van der Waals surface area contributed by atoms with Gasteiger partial charge in [-0.2, -0.15) is 0 Å². The maximum atomic E-state index is 11.7. The monoisotopic (exact) mass is 317 g/mol. The molecule has 0 bridgehead atoms. The molecule has 0 heterocycles. The smallest absolute Gasteiger partial charge is 0.264 e. The second-order valence-electron chi connectivity index (χ2n) is 4.96. The maximum absolute atomic E-state index is 11.7. The van der Waals surface area contributed by atoms with E-state index < -0.39 is 9.05 Å². The molecule has 0 radical (unpaired) electrons. The molecule has 0 aliphatic heterocycles. The van der Waals surface area contributed by atoms with Gasteiger partial charge in [0.2, 0.25) is 5.91 Å². The van der Waals surface area contributed by atoms with E-state index in [0.29, 0.717) is 11.5 Å². The number of amides is 1. The zero-order chi connectivity index (χ0) is 14.9. The van der Waals surface area contributed by atoms with Gasteiger partial charge in [0.05, 0.1) is 7.11 Å². The van der Waals surface area contributed by atoms with Gasteiger partial charge in [-0.05, 0) is 30.0 Å². The number of ether oxygens (including phenoxy) is 1. The molecule has 2 rings (SSSR count). The molecule has 0 aromatic heterocycles. The van der Waals surface area contributed by atoms with Crippen LogP contribution in [-0.2, 0) is 20.4 Å². The lowest BCUT2D eigenvalue weighted by Crippen LogP contribution is -2.24. The zero-order valence-electron chi connectivity index (χ0n) is 11.2. The number of halogens is 1. The van der Waals surface area contributed by atoms with E-state index in [1.54, 1.807) is 6.07 Å². The van der Waals surface area contributed by atoms with E-state index in [2.05, 4.69) is 5.32 Å². The van der Waals surface area contributed by atoms with Crippen LogP contribution in [0, 0.1) is 11.8 Å². The molecule has 110 valence electrons. The summed E-state index contributed by atoms with van der Waals surface area (Å²) in [5.74, 6) is 0.712. The number of carbonyl (C=O) groups is 1. The normalized spacial score (nSPS) is 21.4. The molecule has 1 aromatic rings. The van der Waals surface area contributed by atoms with Crippen LogP contribution in [0.3, 0.4) is 0 Å². The quantitative estimate of drug-likeness (QED) is 0.842. The first-order chi connectivity index (χ1) is 9.32. The maximum Gasteiger partial charge on any atom is 0.264 e. The second-order valence-corrected chi connectivity index (χ2v) is 7.49. The van der Waals surface area contributed by atoms with Crippen LogP contribution in [0.2, 0.25) is 0 Å². The Morgan fingerprint density at radius 3 is 2.65 bits per heavy atom. The second kappa shape index (κ2) is 5.61. The number of rotatable bonds is 5. The third-order valence-corrected chi connectivity index (χ3v) is 4.75. The molecule has 1 aliphatic carbocycles. The Hall–Kier alpha value is -1.27. The molecule has 7 heteroatoms. The Balaban J connectivity index is 2.11. The van der Waals surface area contributed by atoms with Crippen molar-refractivity contribution in [1.82, 2.24) is 5.32 Å². The first kappa shape index (κ1) is 15.1. The molecule has 1 amide bonds. The SMILES string of the molecule is COc1ccc(CNC(=O)C2CC2C)cc1S(=O)(=O)Cl. The van der Waals surface area contributed by atoms with E-state index in [1.807, 2.05) is 6.92 Å². The van der Waals surface area contributed by atoms with Crippen LogP contribution < -0.4 is 10.1 Å². The standard InChI is InChI=1S/C13H16ClNO4S/c1-8-5-10(8)13(16)15-7-9-3-4-11(19-2)12(6-9)20(14,17)18/h3-4,6,8,10H,5,7H2,1-2H3,(H,15,16). The van der Waals surface area contributed by atoms with Gasteiger partial charge in [0.1, 0.15) is 10.6 Å². The van der Waals surface area contributed by atoms with Gasteiger partial charge in [-0.1, -0.05) is 13.0 Å². The van der Waals surface area contributed by atoms with Crippen molar-refractivity contribution in [2.75, 3.05) is 7.11 Å². The third kappa shape index (κ3) is 3.43. The summed E-state index contributed by atoms with van der Waals surface area (Å²) in [5.41, 5.74) is 0.659. The highest BCUT2D eigenvalue weighted by atomic mass is 35.7. The average Bonchev–Trinajstić information content (AvgIpc) is 3.12. The molecule has 1 aliphatic rings. The lowest BCUT2D eigenvalue weighted by atomic mass is 10.2. The van der Waals surface area contributed by atoms with Crippen molar-refractivity contribution in [1.29, 1.82) is 0 Å². The molecule has 1 saturated carbocycles. The number of nitrogens with one attached hydrogen (secondary N) is 1. The van der Waals surface area contributed by atoms with Crippen LogP contribution in [0.15, 0.2) is 23.1 Å². The van der Waals surface area contributed by atoms with Gasteiger partial charge < -0.3 is 10.1 Å². The fourth-order valence-electron chi connectivity index (χ4n) is 2.03. The van der Waals surface area contributed by atoms with Crippen molar-refractivity contribution in [2.45, 2.75) is 24.8 Å². The van der Waals surface area contributed by atoms with E-state index in [4.69, 9.17) is 15.4 Å². The Morgan fingerprint density at radius 1 is 1.50 bits per heavy atom. The van der Waals surface area contributed by atoms with Crippen LogP contribution >= 0.6 is 10.7 Å². The van der Waals surface area contributed by atoms with E-state index in [0.717, 1.165) is 6.42 Å². The molecule has 0 spiro atoms. The summed E-state index contributed by atoms with van der Waals surface area (Å²) in [6.45, 7) is 2.29. The Labute approximate surface area is 122 Å². The number of benzene rings is 1. The van der Waals surface area contributed by atoms with Gasteiger partial charge in [0.25, 0.3) is 9.05 Å². The minimum absolute atomic E-state index is 0.00333. The molecule has 1 fully saturated rings. The molecule has 1 aromatic carbocycles. The minimum atomic E-state index is -3.88. The number of hydrogen-bond donors (Lipinski definition) is 1. The first-order valence-corrected chi connectivity index (χ1v) is 8.53. The summed E-state index contributed by atoms with van der Waals surface area (Å²) >= 11 is 0. The summed E-state index contributed by atoms with van der Waals surface area (Å²) in [6, 6.07) is 4.63. The van der Waals surface area contributed by atoms with Crippen LogP contribution in [0.25, 0.3) is 0 Å². The van der Waals surface area contributed by atoms with Crippen molar-refractivity contribution in [3.63, 3.8) is 0 Å². The predicted molar refractivity (Wildman–Crippen MR) is 75.2 cm³/mol. The third-order valence-electron chi connectivity index (χ3n) is 3.40. The van der Waals surface area contributed by atoms with E-state index in [-0.39, 0.29) is 29.0 Å². The first-order valence-electron chi connectivity index (χ1n) is 6.22. The van der Waals surface area contributed by atoms with Crippen LogP contribution in [0.5, 0.6) is 5.75 Å². The van der Waals surface area contributed by atoms with Gasteiger partial charge in [-0.15, -0.1) is 0 Å². The highest BCUT2D eigenvalue weighted by Gasteiger charge is 2.38. The molecule has 5 nitrogen and oxygen atoms in total. The predicted octanol–water partition coefficient (Wildman–Crippen LogP) is 1.89. The van der Waals surface area contributed by atoms with E-state index in [9.17, 15) is 13.2 Å². The Morgan fingerprint density at radius 2 is 2.15 bits per heavy atom. The van der Waals surface area contributed by atoms with Crippen molar-refractivity contribution >= 4 is 25.6 Å². The fraction of sp³-hybridized carbons (Fsp3) is 0.462. The molecule has 2 atom stereocenters. The van der Waals surface area contributed by atoms with Gasteiger partial charge in [-0.3, -0.25) is 4.79 Å². The van der Waals surface area contributed by atoms with Gasteiger partial charge >= 0.3 is 0 Å². The highest BCUT2D eigenvalue weighted by Crippen LogP contribution is 2.37. The summed E-state index contributed by atoms with van der Waals surface area (Å²) < 4.78 is 27.9. The Bertz CT molecular complexity index is 629. The fourth-order valence-corrected chi connectivity index (χ4v) is 3.07. The van der Waals surface area contributed by atoms with Gasteiger partial charge in [0.15, 0.2) is 0 Å². The molecule has 20 heavy (non-hydrogen) atoms. The van der Waals surface area contributed by atoms with Crippen LogP contribution in [0.1, 0.15) is 18.9 Å². The number of carbonyl (C=O) groups excluding carboxylic acids is 1. The summed E-state index contributed by atoms with van der Waals surface area (Å²) in [6.07, 6.45) is 0.912. The largest absolute Gasteiger partial charge is 0.495 e. The molecular formula is C13H16ClNO4S. The topological polar surface area (TPSA) is 72.5 Å². The molecule has 0 saturated heterocycles. The molecule has 1 N–H and O–H groups in total. The zero-order valence-corrected chi connectivity index (χ0v) is 12.8. The van der Waals surface area contributed by atoms with E-state index in [1.165, 1.54) is 19.2 Å². The molecular weight excluding hydrogens is 302 g/mol. The summed E-state index contributed by atoms with van der Waals surface area (Å²) in [7, 11) is 2.85. The van der Waals surface area contributed by atoms with Gasteiger partial charge in [-0.25, -0.2) is 8.42 Å². The molecule has 2 unspecified atom stereocenters. The van der Waals surface area contributed by atoms with Crippen LogP contribution in [-0.4, -0.2) is 21.4 Å². The van der Waals surface area contributed by atoms with Gasteiger partial charge in [0, 0.05) is 23.1 Å². The van der Waals surface area contributed by atoms with Crippen LogP contribution in [0.4, 0.5) is 0 Å². The lowest BCUT2D eigenvalue weighted by Gasteiger charge is -2.09. The highest BCUT2D eigenvalue weighted by molar-refractivity contribution is 8.13. The lowest BCUT2D eigenvalue weighted by molar-refractivity contribution is -0.122.